The first kappa shape index (κ1) is 12.4. The van der Waals surface area contributed by atoms with Crippen LogP contribution in [-0.4, -0.2) is 42.4 Å². The van der Waals surface area contributed by atoms with Crippen LogP contribution in [0.1, 0.15) is 32.1 Å². The largest absolute Gasteiger partial charge is 0.351 e. The van der Waals surface area contributed by atoms with Crippen LogP contribution in [0.2, 0.25) is 0 Å². The molecule has 2 rings (SSSR count). The van der Waals surface area contributed by atoms with Gasteiger partial charge in [0, 0.05) is 32.0 Å². The standard InChI is InChI=1S/C12H21N3O2/c1-15-7-10(6-11(15)16)14-12(17)8-3-2-4-9(13)5-8/h8-10H,2-7,13H2,1H3,(H,14,17). The van der Waals surface area contributed by atoms with Crippen molar-refractivity contribution >= 4 is 11.8 Å². The fraction of sp³-hybridized carbons (Fsp3) is 0.833. The molecule has 0 aromatic carbocycles. The van der Waals surface area contributed by atoms with E-state index in [1.807, 2.05) is 0 Å². The van der Waals surface area contributed by atoms with Gasteiger partial charge in [0.05, 0.1) is 6.04 Å². The second kappa shape index (κ2) is 5.04. The Hall–Kier alpha value is -1.10. The van der Waals surface area contributed by atoms with Gasteiger partial charge < -0.3 is 16.0 Å². The van der Waals surface area contributed by atoms with Gasteiger partial charge in [0.2, 0.25) is 11.8 Å². The molecule has 2 fully saturated rings. The fourth-order valence-electron chi connectivity index (χ4n) is 2.75. The summed E-state index contributed by atoms with van der Waals surface area (Å²) in [5.41, 5.74) is 5.87. The first-order chi connectivity index (χ1) is 8.06. The highest BCUT2D eigenvalue weighted by Crippen LogP contribution is 2.23. The maximum Gasteiger partial charge on any atom is 0.224 e. The van der Waals surface area contributed by atoms with Crippen LogP contribution in [0.15, 0.2) is 0 Å². The molecule has 2 aliphatic rings. The molecule has 0 aromatic heterocycles. The number of likely N-dealkylation sites (tertiary alicyclic amines) is 1. The van der Waals surface area contributed by atoms with Gasteiger partial charge in [-0.15, -0.1) is 0 Å². The minimum atomic E-state index is -0.0156. The zero-order valence-electron chi connectivity index (χ0n) is 10.3. The van der Waals surface area contributed by atoms with E-state index in [4.69, 9.17) is 5.73 Å². The molecule has 2 amide bonds. The second-order valence-electron chi connectivity index (χ2n) is 5.31. The van der Waals surface area contributed by atoms with Crippen molar-refractivity contribution < 1.29 is 9.59 Å². The Kier molecular flexibility index (Phi) is 3.66. The first-order valence-electron chi connectivity index (χ1n) is 6.36. The Bertz CT molecular complexity index is 319. The van der Waals surface area contributed by atoms with Gasteiger partial charge in [-0.3, -0.25) is 9.59 Å². The van der Waals surface area contributed by atoms with Gasteiger partial charge in [0.1, 0.15) is 0 Å². The predicted octanol–water partition coefficient (Wildman–Crippen LogP) is -0.149. The number of hydrogen-bond acceptors (Lipinski definition) is 3. The average molecular weight is 239 g/mol. The molecular weight excluding hydrogens is 218 g/mol. The van der Waals surface area contributed by atoms with Crippen LogP contribution in [0.3, 0.4) is 0 Å². The number of amides is 2. The van der Waals surface area contributed by atoms with Crippen molar-refractivity contribution in [2.75, 3.05) is 13.6 Å². The van der Waals surface area contributed by atoms with Gasteiger partial charge in [0.25, 0.3) is 0 Å². The number of nitrogens with two attached hydrogens (primary N) is 1. The van der Waals surface area contributed by atoms with Crippen LogP contribution in [0.4, 0.5) is 0 Å². The zero-order valence-corrected chi connectivity index (χ0v) is 10.3. The van der Waals surface area contributed by atoms with E-state index < -0.39 is 0 Å². The topological polar surface area (TPSA) is 75.4 Å². The Morgan fingerprint density at radius 2 is 2.24 bits per heavy atom. The molecule has 1 heterocycles. The summed E-state index contributed by atoms with van der Waals surface area (Å²) in [5, 5.41) is 2.97. The number of rotatable bonds is 2. The molecule has 17 heavy (non-hydrogen) atoms. The molecule has 3 N–H and O–H groups in total. The third-order valence-corrected chi connectivity index (χ3v) is 3.77. The SMILES string of the molecule is CN1CC(NC(=O)C2CCCC(N)C2)CC1=O. The highest BCUT2D eigenvalue weighted by atomic mass is 16.2. The normalized spacial score (nSPS) is 33.9. The number of nitrogens with one attached hydrogen (secondary N) is 1. The first-order valence-corrected chi connectivity index (χ1v) is 6.36. The second-order valence-corrected chi connectivity index (χ2v) is 5.31. The van der Waals surface area contributed by atoms with E-state index in [1.54, 1.807) is 11.9 Å². The number of nitrogens with zero attached hydrogens (tertiary/aromatic N) is 1. The van der Waals surface area contributed by atoms with Crippen molar-refractivity contribution in [2.24, 2.45) is 11.7 Å². The lowest BCUT2D eigenvalue weighted by atomic mass is 9.85. The van der Waals surface area contributed by atoms with E-state index in [-0.39, 0.29) is 29.8 Å². The van der Waals surface area contributed by atoms with E-state index in [0.29, 0.717) is 13.0 Å². The molecule has 0 radical (unpaired) electrons. The Labute approximate surface area is 102 Å². The summed E-state index contributed by atoms with van der Waals surface area (Å²) < 4.78 is 0. The third kappa shape index (κ3) is 2.97. The Balaban J connectivity index is 1.83. The Morgan fingerprint density at radius 1 is 1.47 bits per heavy atom. The predicted molar refractivity (Wildman–Crippen MR) is 64.1 cm³/mol. The molecule has 1 saturated carbocycles. The van der Waals surface area contributed by atoms with E-state index in [1.165, 1.54) is 0 Å². The van der Waals surface area contributed by atoms with Crippen LogP contribution >= 0.6 is 0 Å². The Morgan fingerprint density at radius 3 is 2.82 bits per heavy atom. The third-order valence-electron chi connectivity index (χ3n) is 3.77. The molecule has 0 bridgehead atoms. The van der Waals surface area contributed by atoms with Gasteiger partial charge in [0.15, 0.2) is 0 Å². The van der Waals surface area contributed by atoms with Crippen LogP contribution < -0.4 is 11.1 Å². The zero-order chi connectivity index (χ0) is 12.4. The van der Waals surface area contributed by atoms with Crippen molar-refractivity contribution in [3.63, 3.8) is 0 Å². The molecule has 1 saturated heterocycles. The fourth-order valence-corrected chi connectivity index (χ4v) is 2.75. The molecule has 3 unspecified atom stereocenters. The van der Waals surface area contributed by atoms with Crippen LogP contribution in [0.5, 0.6) is 0 Å². The molecule has 5 nitrogen and oxygen atoms in total. The summed E-state index contributed by atoms with van der Waals surface area (Å²) in [6.07, 6.45) is 4.19. The lowest BCUT2D eigenvalue weighted by molar-refractivity contribution is -0.126. The van der Waals surface area contributed by atoms with Crippen molar-refractivity contribution in [1.29, 1.82) is 0 Å². The lowest BCUT2D eigenvalue weighted by Gasteiger charge is -2.26. The quantitative estimate of drug-likeness (QED) is 0.703. The minimum absolute atomic E-state index is 0.0156. The highest BCUT2D eigenvalue weighted by Gasteiger charge is 2.31. The van der Waals surface area contributed by atoms with E-state index in [9.17, 15) is 9.59 Å². The molecule has 96 valence electrons. The molecular formula is C12H21N3O2. The molecule has 3 atom stereocenters. The van der Waals surface area contributed by atoms with E-state index in [0.717, 1.165) is 25.7 Å². The van der Waals surface area contributed by atoms with Gasteiger partial charge in [-0.05, 0) is 19.3 Å². The number of carbonyl (C=O) groups excluding carboxylic acids is 2. The van der Waals surface area contributed by atoms with Crippen LogP contribution in [-0.2, 0) is 9.59 Å². The van der Waals surface area contributed by atoms with E-state index in [2.05, 4.69) is 5.32 Å². The van der Waals surface area contributed by atoms with Crippen molar-refractivity contribution in [1.82, 2.24) is 10.2 Å². The molecule has 1 aliphatic heterocycles. The summed E-state index contributed by atoms with van der Waals surface area (Å²) in [6.45, 7) is 0.628. The van der Waals surface area contributed by atoms with Crippen LogP contribution in [0.25, 0.3) is 0 Å². The summed E-state index contributed by atoms with van der Waals surface area (Å²) in [4.78, 5) is 25.0. The van der Waals surface area contributed by atoms with Gasteiger partial charge in [-0.2, -0.15) is 0 Å². The van der Waals surface area contributed by atoms with Gasteiger partial charge >= 0.3 is 0 Å². The smallest absolute Gasteiger partial charge is 0.224 e. The lowest BCUT2D eigenvalue weighted by Crippen LogP contribution is -2.43. The minimum Gasteiger partial charge on any atom is -0.351 e. The van der Waals surface area contributed by atoms with Crippen molar-refractivity contribution in [3.8, 4) is 0 Å². The van der Waals surface area contributed by atoms with Gasteiger partial charge in [-0.1, -0.05) is 6.42 Å². The van der Waals surface area contributed by atoms with Crippen molar-refractivity contribution in [3.05, 3.63) is 0 Å². The molecule has 1 aliphatic carbocycles. The maximum atomic E-state index is 12.0. The van der Waals surface area contributed by atoms with Gasteiger partial charge in [-0.25, -0.2) is 0 Å². The summed E-state index contributed by atoms with van der Waals surface area (Å²) in [5.74, 6) is 0.226. The van der Waals surface area contributed by atoms with E-state index >= 15 is 0 Å². The molecule has 5 heteroatoms. The average Bonchev–Trinajstić information content (AvgIpc) is 2.58. The summed E-state index contributed by atoms with van der Waals surface area (Å²) in [7, 11) is 1.77. The summed E-state index contributed by atoms with van der Waals surface area (Å²) in [6, 6.07) is 0.144. The number of hydrogen-bond donors (Lipinski definition) is 2. The highest BCUT2D eigenvalue weighted by molar-refractivity contribution is 5.83. The monoisotopic (exact) mass is 239 g/mol. The molecule has 0 aromatic rings. The number of likely N-dealkylation sites (N-methyl/N-ethyl adjacent to an activating group) is 1. The summed E-state index contributed by atoms with van der Waals surface area (Å²) >= 11 is 0. The molecule has 0 spiro atoms. The number of carbonyl (C=O) groups is 2. The maximum absolute atomic E-state index is 12.0. The van der Waals surface area contributed by atoms with Crippen LogP contribution in [0, 0.1) is 5.92 Å². The van der Waals surface area contributed by atoms with Crippen molar-refractivity contribution in [2.45, 2.75) is 44.2 Å².